The second-order valence-corrected chi connectivity index (χ2v) is 3.58. The van der Waals surface area contributed by atoms with Gasteiger partial charge < -0.3 is 5.11 Å². The Kier molecular flexibility index (Phi) is 4.64. The van der Waals surface area contributed by atoms with E-state index in [-0.39, 0.29) is 6.10 Å². The van der Waals surface area contributed by atoms with Crippen LogP contribution in [0.3, 0.4) is 0 Å². The summed E-state index contributed by atoms with van der Waals surface area (Å²) < 4.78 is 0. The average Bonchev–Trinajstić information content (AvgIpc) is 2.19. The Bertz CT molecular complexity index is 219. The molecular formula is C12H18O. The van der Waals surface area contributed by atoms with Gasteiger partial charge in [0.25, 0.3) is 0 Å². The lowest BCUT2D eigenvalue weighted by Crippen LogP contribution is -2.21. The molecule has 1 rings (SSSR count). The van der Waals surface area contributed by atoms with Crippen molar-refractivity contribution >= 4 is 0 Å². The first-order valence-electron chi connectivity index (χ1n) is 5.07. The Balaban J connectivity index is 2.24. The van der Waals surface area contributed by atoms with E-state index >= 15 is 0 Å². The maximum atomic E-state index is 9.80. The Morgan fingerprint density at radius 1 is 1.54 bits per heavy atom. The van der Waals surface area contributed by atoms with E-state index in [0.29, 0.717) is 5.92 Å². The molecule has 1 aliphatic rings. The van der Waals surface area contributed by atoms with Crippen molar-refractivity contribution in [3.05, 3.63) is 12.2 Å². The third-order valence-corrected chi connectivity index (χ3v) is 2.60. The van der Waals surface area contributed by atoms with Crippen LogP contribution in [0, 0.1) is 17.8 Å². The Morgan fingerprint density at radius 2 is 2.38 bits per heavy atom. The van der Waals surface area contributed by atoms with Crippen LogP contribution in [0.2, 0.25) is 0 Å². The van der Waals surface area contributed by atoms with Gasteiger partial charge >= 0.3 is 0 Å². The summed E-state index contributed by atoms with van der Waals surface area (Å²) in [6.45, 7) is 1.84. The number of hydrogen-bond acceptors (Lipinski definition) is 1. The summed E-state index contributed by atoms with van der Waals surface area (Å²) in [5.74, 6) is 6.32. The number of hydrogen-bond donors (Lipinski definition) is 1. The Morgan fingerprint density at radius 3 is 3.00 bits per heavy atom. The molecule has 2 unspecified atom stereocenters. The van der Waals surface area contributed by atoms with Crippen LogP contribution >= 0.6 is 0 Å². The van der Waals surface area contributed by atoms with Crippen LogP contribution in [-0.2, 0) is 0 Å². The summed E-state index contributed by atoms with van der Waals surface area (Å²) in [7, 11) is 0. The quantitative estimate of drug-likeness (QED) is 0.520. The topological polar surface area (TPSA) is 20.2 Å². The minimum absolute atomic E-state index is 0.147. The molecule has 0 aromatic carbocycles. The van der Waals surface area contributed by atoms with Crippen molar-refractivity contribution in [2.75, 3.05) is 0 Å². The zero-order chi connectivity index (χ0) is 9.52. The third kappa shape index (κ3) is 3.65. The molecule has 0 saturated heterocycles. The predicted octanol–water partition coefficient (Wildman–Crippen LogP) is 2.51. The van der Waals surface area contributed by atoms with Crippen molar-refractivity contribution in [2.24, 2.45) is 5.92 Å². The summed E-state index contributed by atoms with van der Waals surface area (Å²) in [6.07, 6.45) is 9.21. The van der Waals surface area contributed by atoms with Crippen molar-refractivity contribution in [3.8, 4) is 11.8 Å². The molecule has 0 bridgehead atoms. The van der Waals surface area contributed by atoms with Gasteiger partial charge in [0.05, 0.1) is 6.10 Å². The van der Waals surface area contributed by atoms with E-state index in [4.69, 9.17) is 0 Å². The van der Waals surface area contributed by atoms with E-state index in [9.17, 15) is 5.11 Å². The molecule has 1 nitrogen and oxygen atoms in total. The Hall–Kier alpha value is -0.740. The van der Waals surface area contributed by atoms with Gasteiger partial charge in [0.15, 0.2) is 0 Å². The van der Waals surface area contributed by atoms with Gasteiger partial charge in [-0.2, -0.15) is 0 Å². The number of rotatable bonds is 3. The van der Waals surface area contributed by atoms with Crippen LogP contribution in [0.15, 0.2) is 12.2 Å². The zero-order valence-corrected chi connectivity index (χ0v) is 8.29. The highest BCUT2D eigenvalue weighted by molar-refractivity contribution is 4.97. The van der Waals surface area contributed by atoms with Gasteiger partial charge in [-0.1, -0.05) is 12.2 Å². The van der Waals surface area contributed by atoms with Gasteiger partial charge in [-0.3, -0.25) is 0 Å². The van der Waals surface area contributed by atoms with Crippen LogP contribution in [0.4, 0.5) is 0 Å². The monoisotopic (exact) mass is 178 g/mol. The van der Waals surface area contributed by atoms with Crippen molar-refractivity contribution in [1.29, 1.82) is 0 Å². The number of aliphatic hydroxyl groups is 1. The molecule has 0 amide bonds. The molecule has 0 aliphatic heterocycles. The highest BCUT2D eigenvalue weighted by atomic mass is 16.3. The van der Waals surface area contributed by atoms with E-state index < -0.39 is 0 Å². The van der Waals surface area contributed by atoms with E-state index in [1.165, 1.54) is 0 Å². The van der Waals surface area contributed by atoms with Crippen LogP contribution < -0.4 is 0 Å². The molecule has 72 valence electrons. The zero-order valence-electron chi connectivity index (χ0n) is 8.29. The van der Waals surface area contributed by atoms with E-state index in [0.717, 1.165) is 32.1 Å². The minimum Gasteiger partial charge on any atom is -0.393 e. The largest absolute Gasteiger partial charge is 0.393 e. The molecule has 1 N–H and O–H groups in total. The fourth-order valence-corrected chi connectivity index (χ4v) is 1.75. The first-order chi connectivity index (χ1) is 6.34. The first kappa shape index (κ1) is 10.3. The SMILES string of the molecule is CC#CCCC(O)C1CC=CCC1. The van der Waals surface area contributed by atoms with Gasteiger partial charge in [-0.05, 0) is 38.5 Å². The second kappa shape index (κ2) is 5.83. The minimum atomic E-state index is -0.147. The smallest absolute Gasteiger partial charge is 0.0580 e. The summed E-state index contributed by atoms with van der Waals surface area (Å²) in [6, 6.07) is 0. The van der Waals surface area contributed by atoms with Gasteiger partial charge in [-0.25, -0.2) is 0 Å². The fraction of sp³-hybridized carbons (Fsp3) is 0.667. The maximum absolute atomic E-state index is 9.80. The normalized spacial score (nSPS) is 23.4. The molecule has 1 aliphatic carbocycles. The number of allylic oxidation sites excluding steroid dienone is 2. The lowest BCUT2D eigenvalue weighted by molar-refractivity contribution is 0.0950. The van der Waals surface area contributed by atoms with Crippen molar-refractivity contribution in [1.82, 2.24) is 0 Å². The fourth-order valence-electron chi connectivity index (χ4n) is 1.75. The van der Waals surface area contributed by atoms with Gasteiger partial charge in [0.1, 0.15) is 0 Å². The molecule has 0 saturated carbocycles. The van der Waals surface area contributed by atoms with Crippen molar-refractivity contribution < 1.29 is 5.11 Å². The van der Waals surface area contributed by atoms with Crippen molar-refractivity contribution in [3.63, 3.8) is 0 Å². The van der Waals surface area contributed by atoms with Crippen LogP contribution in [0.5, 0.6) is 0 Å². The molecule has 0 radical (unpaired) electrons. The molecule has 0 fully saturated rings. The second-order valence-electron chi connectivity index (χ2n) is 3.58. The molecule has 0 aromatic rings. The molecular weight excluding hydrogens is 160 g/mol. The first-order valence-corrected chi connectivity index (χ1v) is 5.07. The summed E-state index contributed by atoms with van der Waals surface area (Å²) in [4.78, 5) is 0. The highest BCUT2D eigenvalue weighted by Gasteiger charge is 2.18. The molecule has 0 aromatic heterocycles. The van der Waals surface area contributed by atoms with Crippen LogP contribution in [-0.4, -0.2) is 11.2 Å². The van der Waals surface area contributed by atoms with Gasteiger partial charge in [-0.15, -0.1) is 11.8 Å². The maximum Gasteiger partial charge on any atom is 0.0580 e. The molecule has 0 spiro atoms. The molecule has 13 heavy (non-hydrogen) atoms. The standard InChI is InChI=1S/C12H18O/c1-2-3-5-10-12(13)11-8-6-4-7-9-11/h4,6,11-13H,5,7-10H2,1H3. The van der Waals surface area contributed by atoms with Gasteiger partial charge in [0.2, 0.25) is 0 Å². The summed E-state index contributed by atoms with van der Waals surface area (Å²) in [5, 5.41) is 9.80. The summed E-state index contributed by atoms with van der Waals surface area (Å²) in [5.41, 5.74) is 0. The average molecular weight is 178 g/mol. The molecule has 1 heteroatoms. The number of aliphatic hydroxyl groups excluding tert-OH is 1. The van der Waals surface area contributed by atoms with Crippen molar-refractivity contribution in [2.45, 2.75) is 45.1 Å². The van der Waals surface area contributed by atoms with Gasteiger partial charge in [0, 0.05) is 6.42 Å². The lowest BCUT2D eigenvalue weighted by atomic mass is 9.87. The lowest BCUT2D eigenvalue weighted by Gasteiger charge is -2.22. The van der Waals surface area contributed by atoms with Crippen LogP contribution in [0.1, 0.15) is 39.0 Å². The van der Waals surface area contributed by atoms with Crippen LogP contribution in [0.25, 0.3) is 0 Å². The molecule has 0 heterocycles. The molecule has 2 atom stereocenters. The summed E-state index contributed by atoms with van der Waals surface area (Å²) >= 11 is 0. The predicted molar refractivity (Wildman–Crippen MR) is 55.2 cm³/mol. The van der Waals surface area contributed by atoms with E-state index in [1.807, 2.05) is 6.92 Å². The Labute approximate surface area is 80.9 Å². The highest BCUT2D eigenvalue weighted by Crippen LogP contribution is 2.23. The third-order valence-electron chi connectivity index (χ3n) is 2.60. The van der Waals surface area contributed by atoms with E-state index in [2.05, 4.69) is 24.0 Å². The van der Waals surface area contributed by atoms with E-state index in [1.54, 1.807) is 0 Å².